The van der Waals surface area contributed by atoms with Crippen molar-refractivity contribution in [2.24, 2.45) is 5.92 Å². The number of pyridine rings is 2. The van der Waals surface area contributed by atoms with E-state index in [9.17, 15) is 4.79 Å². The molecule has 1 fully saturated rings. The van der Waals surface area contributed by atoms with Gasteiger partial charge in [-0.3, -0.25) is 4.79 Å². The molecule has 1 aliphatic rings. The second-order valence-electron chi connectivity index (χ2n) is 7.87. The van der Waals surface area contributed by atoms with Crippen LogP contribution in [0.5, 0.6) is 0 Å². The van der Waals surface area contributed by atoms with Crippen LogP contribution in [-0.2, 0) is 13.1 Å². The van der Waals surface area contributed by atoms with Gasteiger partial charge in [-0.1, -0.05) is 54.1 Å². The maximum Gasteiger partial charge on any atom is 0.200 e. The summed E-state index contributed by atoms with van der Waals surface area (Å²) in [4.78, 5) is 18.1. The fourth-order valence-corrected chi connectivity index (χ4v) is 3.94. The van der Waals surface area contributed by atoms with Crippen molar-refractivity contribution in [3.63, 3.8) is 0 Å². The molecule has 0 spiro atoms. The van der Waals surface area contributed by atoms with Crippen molar-refractivity contribution in [1.82, 2.24) is 9.55 Å². The summed E-state index contributed by atoms with van der Waals surface area (Å²) in [6.45, 7) is 1.53. The van der Waals surface area contributed by atoms with Crippen LogP contribution >= 0.6 is 11.6 Å². The van der Waals surface area contributed by atoms with Gasteiger partial charge in [-0.25, -0.2) is 4.98 Å². The van der Waals surface area contributed by atoms with Crippen LogP contribution in [0.4, 0.5) is 5.82 Å². The largest absolute Gasteiger partial charge is 0.365 e. The molecule has 1 saturated carbocycles. The summed E-state index contributed by atoms with van der Waals surface area (Å²) in [7, 11) is 0. The molecular weight excluding hydrogens is 394 g/mol. The second kappa shape index (κ2) is 7.96. The number of hydrogen-bond acceptors (Lipinski definition) is 3. The maximum atomic E-state index is 13.6. The summed E-state index contributed by atoms with van der Waals surface area (Å²) in [6, 6.07) is 19.5. The average molecular weight is 416 g/mol. The molecule has 2 heterocycles. The number of aromatic nitrogens is 2. The zero-order valence-corrected chi connectivity index (χ0v) is 17.3. The lowest BCUT2D eigenvalue weighted by molar-refractivity contribution is 0.643. The van der Waals surface area contributed by atoms with Crippen molar-refractivity contribution in [3.8, 4) is 11.1 Å². The number of anilines is 1. The first kappa shape index (κ1) is 18.9. The van der Waals surface area contributed by atoms with Gasteiger partial charge in [0.15, 0.2) is 0 Å². The van der Waals surface area contributed by atoms with Crippen LogP contribution in [0.2, 0.25) is 5.02 Å². The topological polar surface area (TPSA) is 46.9 Å². The molecule has 4 aromatic rings. The molecule has 0 bridgehead atoms. The third-order valence-corrected chi connectivity index (χ3v) is 5.86. The van der Waals surface area contributed by atoms with Gasteiger partial charge in [-0.15, -0.1) is 0 Å². The molecule has 1 N–H and O–H groups in total. The molecule has 0 atom stereocenters. The molecule has 30 heavy (non-hydrogen) atoms. The summed E-state index contributed by atoms with van der Waals surface area (Å²) < 4.78 is 2.22. The smallest absolute Gasteiger partial charge is 0.200 e. The van der Waals surface area contributed by atoms with Gasteiger partial charge in [0.1, 0.15) is 5.82 Å². The monoisotopic (exact) mass is 415 g/mol. The van der Waals surface area contributed by atoms with E-state index in [2.05, 4.69) is 27.0 Å². The van der Waals surface area contributed by atoms with E-state index < -0.39 is 0 Å². The Kier molecular flexibility index (Phi) is 5.01. The fraction of sp³-hybridized carbons (Fsp3) is 0.200. The minimum Gasteiger partial charge on any atom is -0.365 e. The Hall–Kier alpha value is -3.11. The molecule has 0 saturated heterocycles. The van der Waals surface area contributed by atoms with Gasteiger partial charge >= 0.3 is 0 Å². The maximum absolute atomic E-state index is 13.6. The van der Waals surface area contributed by atoms with Crippen LogP contribution in [0.3, 0.4) is 0 Å². The van der Waals surface area contributed by atoms with Gasteiger partial charge in [-0.05, 0) is 48.1 Å². The quantitative estimate of drug-likeness (QED) is 0.437. The lowest BCUT2D eigenvalue weighted by Gasteiger charge is -2.16. The molecule has 5 heteroatoms. The second-order valence-corrected chi connectivity index (χ2v) is 8.30. The van der Waals surface area contributed by atoms with Crippen molar-refractivity contribution in [3.05, 3.63) is 93.9 Å². The standard InChI is InChI=1S/C25H22ClN3O/c26-20-10-8-19(9-11-20)21-16-29(15-18-6-7-18)22-12-13-27-25(23(22)24(21)30)28-14-17-4-2-1-3-5-17/h1-5,8-13,16,18H,6-7,14-15H2,(H,27,28). The lowest BCUT2D eigenvalue weighted by atomic mass is 10.0. The Balaban J connectivity index is 1.64. The number of halogens is 1. The molecule has 2 aromatic heterocycles. The Morgan fingerprint density at radius 1 is 1.03 bits per heavy atom. The summed E-state index contributed by atoms with van der Waals surface area (Å²) >= 11 is 6.06. The highest BCUT2D eigenvalue weighted by Gasteiger charge is 2.23. The number of hydrogen-bond donors (Lipinski definition) is 1. The van der Waals surface area contributed by atoms with Crippen LogP contribution in [0, 0.1) is 5.92 Å². The van der Waals surface area contributed by atoms with E-state index >= 15 is 0 Å². The van der Waals surface area contributed by atoms with Gasteiger partial charge in [0.2, 0.25) is 5.43 Å². The third-order valence-electron chi connectivity index (χ3n) is 5.60. The molecule has 1 aliphatic carbocycles. The number of fused-ring (bicyclic) bond motifs is 1. The van der Waals surface area contributed by atoms with Gasteiger partial charge in [0, 0.05) is 36.1 Å². The first-order chi connectivity index (χ1) is 14.7. The van der Waals surface area contributed by atoms with Gasteiger partial charge in [0.25, 0.3) is 0 Å². The Morgan fingerprint density at radius 2 is 1.80 bits per heavy atom. The van der Waals surface area contributed by atoms with E-state index in [0.29, 0.717) is 34.3 Å². The molecule has 0 unspecified atom stereocenters. The van der Waals surface area contributed by atoms with Crippen molar-refractivity contribution in [2.45, 2.75) is 25.9 Å². The van der Waals surface area contributed by atoms with Gasteiger partial charge in [-0.2, -0.15) is 0 Å². The minimum absolute atomic E-state index is 0.0111. The molecule has 0 amide bonds. The third kappa shape index (κ3) is 3.83. The normalized spacial score (nSPS) is 13.5. The van der Waals surface area contributed by atoms with Crippen LogP contribution in [0.1, 0.15) is 18.4 Å². The zero-order valence-electron chi connectivity index (χ0n) is 16.5. The van der Waals surface area contributed by atoms with Crippen molar-refractivity contribution >= 4 is 28.3 Å². The fourth-order valence-electron chi connectivity index (χ4n) is 3.81. The molecule has 4 nitrogen and oxygen atoms in total. The Bertz CT molecular complexity index is 1250. The van der Waals surface area contributed by atoms with Crippen LogP contribution in [-0.4, -0.2) is 9.55 Å². The molecule has 2 aromatic carbocycles. The summed E-state index contributed by atoms with van der Waals surface area (Å²) in [5.41, 5.74) is 3.60. The number of nitrogens with one attached hydrogen (secondary N) is 1. The SMILES string of the molecule is O=c1c(-c2ccc(Cl)cc2)cn(CC2CC2)c2ccnc(NCc3ccccc3)c12. The molecular formula is C25H22ClN3O. The zero-order chi connectivity index (χ0) is 20.5. The Labute approximate surface area is 180 Å². The van der Waals surface area contributed by atoms with E-state index in [0.717, 1.165) is 23.2 Å². The predicted octanol–water partition coefficient (Wildman–Crippen LogP) is 5.74. The van der Waals surface area contributed by atoms with Gasteiger partial charge in [0.05, 0.1) is 10.9 Å². The van der Waals surface area contributed by atoms with Crippen LogP contribution in [0.25, 0.3) is 22.0 Å². The van der Waals surface area contributed by atoms with Crippen LogP contribution < -0.4 is 10.7 Å². The first-order valence-corrected chi connectivity index (χ1v) is 10.6. The van der Waals surface area contributed by atoms with E-state index in [4.69, 9.17) is 11.6 Å². The average Bonchev–Trinajstić information content (AvgIpc) is 3.60. The van der Waals surface area contributed by atoms with E-state index in [1.165, 1.54) is 12.8 Å². The first-order valence-electron chi connectivity index (χ1n) is 10.2. The minimum atomic E-state index is -0.0111. The van der Waals surface area contributed by atoms with Crippen molar-refractivity contribution in [2.75, 3.05) is 5.32 Å². The highest BCUT2D eigenvalue weighted by atomic mass is 35.5. The predicted molar refractivity (Wildman–Crippen MR) is 123 cm³/mol. The molecule has 150 valence electrons. The van der Waals surface area contributed by atoms with E-state index in [1.54, 1.807) is 6.20 Å². The van der Waals surface area contributed by atoms with Crippen molar-refractivity contribution < 1.29 is 0 Å². The summed E-state index contributed by atoms with van der Waals surface area (Å²) in [6.07, 6.45) is 6.26. The van der Waals surface area contributed by atoms with E-state index in [1.807, 2.05) is 54.7 Å². The molecule has 0 radical (unpaired) electrons. The lowest BCUT2D eigenvalue weighted by Crippen LogP contribution is -2.16. The molecule has 0 aliphatic heterocycles. The Morgan fingerprint density at radius 3 is 2.53 bits per heavy atom. The van der Waals surface area contributed by atoms with Crippen molar-refractivity contribution in [1.29, 1.82) is 0 Å². The highest BCUT2D eigenvalue weighted by molar-refractivity contribution is 6.30. The van der Waals surface area contributed by atoms with Gasteiger partial charge < -0.3 is 9.88 Å². The molecule has 5 rings (SSSR count). The summed E-state index contributed by atoms with van der Waals surface area (Å²) in [5.74, 6) is 1.31. The number of nitrogens with zero attached hydrogens (tertiary/aromatic N) is 2. The van der Waals surface area contributed by atoms with E-state index in [-0.39, 0.29) is 5.43 Å². The summed E-state index contributed by atoms with van der Waals surface area (Å²) in [5, 5.41) is 4.68. The number of benzene rings is 2. The van der Waals surface area contributed by atoms with Crippen LogP contribution in [0.15, 0.2) is 77.9 Å². The highest BCUT2D eigenvalue weighted by Crippen LogP contribution is 2.33. The number of rotatable bonds is 6.